The molecule has 5 heteroatoms. The average molecular weight is 354 g/mol. The summed E-state index contributed by atoms with van der Waals surface area (Å²) in [5.41, 5.74) is -0.382. The molecule has 6 atom stereocenters. The van der Waals surface area contributed by atoms with Crippen LogP contribution in [0.3, 0.4) is 0 Å². The van der Waals surface area contributed by atoms with Crippen molar-refractivity contribution in [2.45, 2.75) is 76.8 Å². The fourth-order valence-corrected chi connectivity index (χ4v) is 4.71. The molecule has 1 fully saturated rings. The lowest BCUT2D eigenvalue weighted by Crippen LogP contribution is -2.43. The van der Waals surface area contributed by atoms with E-state index in [1.807, 2.05) is 6.92 Å². The Labute approximate surface area is 150 Å². The second kappa shape index (κ2) is 7.49. The van der Waals surface area contributed by atoms with Crippen LogP contribution in [0.15, 0.2) is 23.8 Å². The highest BCUT2D eigenvalue weighted by atomic mass is 16.3. The van der Waals surface area contributed by atoms with Gasteiger partial charge in [-0.1, -0.05) is 19.6 Å². The molecular weight excluding hydrogens is 320 g/mol. The van der Waals surface area contributed by atoms with E-state index in [0.29, 0.717) is 30.4 Å². The van der Waals surface area contributed by atoms with Gasteiger partial charge >= 0.3 is 0 Å². The summed E-state index contributed by atoms with van der Waals surface area (Å²) in [4.78, 5) is 0. The van der Waals surface area contributed by atoms with Gasteiger partial charge in [0.15, 0.2) is 0 Å². The molecule has 144 valence electrons. The molecule has 2 aliphatic rings. The summed E-state index contributed by atoms with van der Waals surface area (Å²) in [6, 6.07) is 0. The Balaban J connectivity index is 2.46. The van der Waals surface area contributed by atoms with Crippen molar-refractivity contribution in [2.24, 2.45) is 17.3 Å². The molecule has 0 amide bonds. The number of rotatable bonds is 2. The van der Waals surface area contributed by atoms with Crippen LogP contribution in [0.2, 0.25) is 0 Å². The van der Waals surface area contributed by atoms with E-state index >= 15 is 0 Å². The largest absolute Gasteiger partial charge is 0.392 e. The summed E-state index contributed by atoms with van der Waals surface area (Å²) in [5.74, 6) is -0.200. The lowest BCUT2D eigenvalue weighted by atomic mass is 9.67. The van der Waals surface area contributed by atoms with Gasteiger partial charge in [-0.3, -0.25) is 0 Å². The van der Waals surface area contributed by atoms with Gasteiger partial charge in [0.1, 0.15) is 0 Å². The first kappa shape index (κ1) is 20.6. The molecule has 0 radical (unpaired) electrons. The Bertz CT molecular complexity index is 521. The van der Waals surface area contributed by atoms with E-state index in [1.165, 1.54) is 0 Å². The molecular formula is C20H34O5. The standard InChI is InChI=1S/C20H34O5/c1-12-16(22)6-5-13(11-21)9-18(24)20(4)8-7-14(19(2,3)25)15(20)10-17(12)23/h9,14-18,21-25H,1,5-8,10-11H2,2-4H3/b13-9-/t14-,15+,16+,17-,18+,20+/m1/s1. The maximum Gasteiger partial charge on any atom is 0.0780 e. The van der Waals surface area contributed by atoms with Crippen LogP contribution in [0.1, 0.15) is 52.9 Å². The molecule has 0 aromatic carbocycles. The van der Waals surface area contributed by atoms with Crippen LogP contribution in [-0.2, 0) is 0 Å². The van der Waals surface area contributed by atoms with Crippen molar-refractivity contribution in [3.63, 3.8) is 0 Å². The summed E-state index contributed by atoms with van der Waals surface area (Å²) in [7, 11) is 0. The molecule has 5 nitrogen and oxygen atoms in total. The smallest absolute Gasteiger partial charge is 0.0780 e. The highest BCUT2D eigenvalue weighted by Gasteiger charge is 2.53. The normalized spacial score (nSPS) is 43.1. The Morgan fingerprint density at radius 1 is 1.20 bits per heavy atom. The van der Waals surface area contributed by atoms with Gasteiger partial charge in [0.25, 0.3) is 0 Å². The predicted octanol–water partition coefficient (Wildman–Crippen LogP) is 1.53. The van der Waals surface area contributed by atoms with E-state index in [0.717, 1.165) is 12.8 Å². The number of fused-ring (bicyclic) bond motifs is 1. The topological polar surface area (TPSA) is 101 Å². The Kier molecular flexibility index (Phi) is 6.17. The molecule has 2 aliphatic carbocycles. The van der Waals surface area contributed by atoms with Crippen LogP contribution in [0.25, 0.3) is 0 Å². The van der Waals surface area contributed by atoms with Gasteiger partial charge in [-0.05, 0) is 68.9 Å². The van der Waals surface area contributed by atoms with E-state index in [4.69, 9.17) is 0 Å². The van der Waals surface area contributed by atoms with E-state index in [9.17, 15) is 25.5 Å². The quantitative estimate of drug-likeness (QED) is 0.484. The van der Waals surface area contributed by atoms with Gasteiger partial charge in [0, 0.05) is 5.41 Å². The molecule has 0 heterocycles. The van der Waals surface area contributed by atoms with Crippen molar-refractivity contribution >= 4 is 0 Å². The highest BCUT2D eigenvalue weighted by molar-refractivity contribution is 5.17. The monoisotopic (exact) mass is 354 g/mol. The lowest BCUT2D eigenvalue weighted by Gasteiger charge is -2.41. The summed E-state index contributed by atoms with van der Waals surface area (Å²) >= 11 is 0. The predicted molar refractivity (Wildman–Crippen MR) is 96.8 cm³/mol. The number of hydrogen-bond donors (Lipinski definition) is 5. The van der Waals surface area contributed by atoms with E-state index < -0.39 is 29.3 Å². The molecule has 0 spiro atoms. The van der Waals surface area contributed by atoms with E-state index in [1.54, 1.807) is 19.9 Å². The Morgan fingerprint density at radius 2 is 1.84 bits per heavy atom. The lowest BCUT2D eigenvalue weighted by molar-refractivity contribution is -0.0481. The van der Waals surface area contributed by atoms with Crippen molar-refractivity contribution in [2.75, 3.05) is 6.61 Å². The van der Waals surface area contributed by atoms with Crippen LogP contribution in [-0.4, -0.2) is 56.1 Å². The molecule has 0 bridgehead atoms. The summed E-state index contributed by atoms with van der Waals surface area (Å²) < 4.78 is 0. The highest BCUT2D eigenvalue weighted by Crippen LogP contribution is 2.55. The minimum Gasteiger partial charge on any atom is -0.392 e. The van der Waals surface area contributed by atoms with Crippen molar-refractivity contribution in [1.29, 1.82) is 0 Å². The average Bonchev–Trinajstić information content (AvgIpc) is 2.87. The SMILES string of the molecule is C=C1[C@H](O)C[C@H]2[C@H](C(C)(C)O)CC[C@]2(C)[C@@H](O)/C=C(\CO)CC[C@@H]1O. The van der Waals surface area contributed by atoms with Crippen molar-refractivity contribution in [1.82, 2.24) is 0 Å². The summed E-state index contributed by atoms with van der Waals surface area (Å²) in [5, 5.41) is 52.0. The molecule has 0 aromatic rings. The molecule has 1 saturated carbocycles. The van der Waals surface area contributed by atoms with Crippen molar-refractivity contribution in [3.05, 3.63) is 23.8 Å². The van der Waals surface area contributed by atoms with Crippen LogP contribution in [0.4, 0.5) is 0 Å². The van der Waals surface area contributed by atoms with Gasteiger partial charge in [-0.15, -0.1) is 0 Å². The third-order valence-corrected chi connectivity index (χ3v) is 6.58. The van der Waals surface area contributed by atoms with Crippen LogP contribution in [0.5, 0.6) is 0 Å². The number of aliphatic hydroxyl groups is 5. The first-order chi connectivity index (χ1) is 11.5. The molecule has 2 rings (SSSR count). The van der Waals surface area contributed by atoms with E-state index in [2.05, 4.69) is 6.58 Å². The Hall–Kier alpha value is -0.720. The second-order valence-electron chi connectivity index (χ2n) is 8.72. The first-order valence-electron chi connectivity index (χ1n) is 9.26. The fourth-order valence-electron chi connectivity index (χ4n) is 4.71. The van der Waals surface area contributed by atoms with Crippen LogP contribution >= 0.6 is 0 Å². The van der Waals surface area contributed by atoms with Crippen LogP contribution < -0.4 is 0 Å². The number of aliphatic hydroxyl groups excluding tert-OH is 4. The second-order valence-corrected chi connectivity index (χ2v) is 8.72. The molecule has 0 aromatic heterocycles. The third kappa shape index (κ3) is 4.17. The molecule has 0 unspecified atom stereocenters. The first-order valence-corrected chi connectivity index (χ1v) is 9.26. The number of hydrogen-bond acceptors (Lipinski definition) is 5. The Morgan fingerprint density at radius 3 is 2.40 bits per heavy atom. The van der Waals surface area contributed by atoms with Crippen LogP contribution in [0, 0.1) is 17.3 Å². The van der Waals surface area contributed by atoms with Crippen molar-refractivity contribution < 1.29 is 25.5 Å². The zero-order chi connectivity index (χ0) is 19.0. The zero-order valence-corrected chi connectivity index (χ0v) is 15.6. The summed E-state index contributed by atoms with van der Waals surface area (Å²) in [6.07, 6.45) is 1.81. The van der Waals surface area contributed by atoms with Gasteiger partial charge in [0.2, 0.25) is 0 Å². The van der Waals surface area contributed by atoms with Gasteiger partial charge in [-0.25, -0.2) is 0 Å². The zero-order valence-electron chi connectivity index (χ0n) is 15.6. The third-order valence-electron chi connectivity index (χ3n) is 6.58. The molecule has 25 heavy (non-hydrogen) atoms. The maximum atomic E-state index is 10.9. The van der Waals surface area contributed by atoms with Crippen molar-refractivity contribution in [3.8, 4) is 0 Å². The molecule has 5 N–H and O–H groups in total. The van der Waals surface area contributed by atoms with E-state index in [-0.39, 0.29) is 18.4 Å². The maximum absolute atomic E-state index is 10.9. The van der Waals surface area contributed by atoms with Gasteiger partial charge < -0.3 is 25.5 Å². The van der Waals surface area contributed by atoms with Gasteiger partial charge in [0.05, 0.1) is 30.5 Å². The minimum atomic E-state index is -0.925. The van der Waals surface area contributed by atoms with Gasteiger partial charge in [-0.2, -0.15) is 0 Å². The summed E-state index contributed by atoms with van der Waals surface area (Å²) in [6.45, 7) is 9.22. The molecule has 0 saturated heterocycles. The molecule has 0 aliphatic heterocycles. The fraction of sp³-hybridized carbons (Fsp3) is 0.800. The minimum absolute atomic E-state index is 0.0709.